The summed E-state index contributed by atoms with van der Waals surface area (Å²) in [6, 6.07) is 14.7. The standard InChI is InChI=1S/C14H14NO.C4H9.Sn/c1-2-6-13(7-3-1)12-16-11-9-14-8-4-5-10-15-14;1-4(2)3;/h1-4,6-8,10H,9,11-12H2;1-3H3;. The predicted molar refractivity (Wildman–Crippen MR) is 89.1 cm³/mol. The van der Waals surface area contributed by atoms with Crippen molar-refractivity contribution in [1.82, 2.24) is 4.98 Å². The van der Waals surface area contributed by atoms with Crippen LogP contribution in [0.1, 0.15) is 32.0 Å². The molecule has 21 heavy (non-hydrogen) atoms. The molecule has 0 aliphatic heterocycles. The van der Waals surface area contributed by atoms with E-state index in [9.17, 15) is 0 Å². The van der Waals surface area contributed by atoms with Crippen LogP contribution in [0.3, 0.4) is 0 Å². The molecule has 1 aromatic heterocycles. The fourth-order valence-corrected chi connectivity index (χ4v) is 5.34. The second kappa shape index (κ2) is 7.95. The zero-order chi connectivity index (χ0) is 15.1. The molecule has 0 unspecified atom stereocenters. The molecule has 2 rings (SSSR count). The molecular formula is C18H23NOSn. The van der Waals surface area contributed by atoms with Gasteiger partial charge in [-0.05, 0) is 0 Å². The van der Waals surface area contributed by atoms with Crippen LogP contribution in [-0.2, 0) is 17.8 Å². The van der Waals surface area contributed by atoms with Gasteiger partial charge in [-0.2, -0.15) is 0 Å². The Bertz CT molecular complexity index is 531. The molecule has 0 aliphatic rings. The fourth-order valence-electron chi connectivity index (χ4n) is 2.02. The number of nitrogens with zero attached hydrogens (tertiary/aromatic N) is 1. The van der Waals surface area contributed by atoms with Crippen molar-refractivity contribution in [1.29, 1.82) is 0 Å². The van der Waals surface area contributed by atoms with Crippen molar-refractivity contribution in [2.24, 2.45) is 0 Å². The number of aromatic nitrogens is 1. The third kappa shape index (κ3) is 6.61. The van der Waals surface area contributed by atoms with Gasteiger partial charge in [0.15, 0.2) is 0 Å². The maximum atomic E-state index is 5.71. The van der Waals surface area contributed by atoms with Crippen LogP contribution in [0, 0.1) is 0 Å². The summed E-state index contributed by atoms with van der Waals surface area (Å²) in [5.74, 6) is 0. The molecule has 0 spiro atoms. The van der Waals surface area contributed by atoms with E-state index in [1.807, 2.05) is 18.2 Å². The van der Waals surface area contributed by atoms with Gasteiger partial charge in [-0.1, -0.05) is 0 Å². The van der Waals surface area contributed by atoms with Crippen molar-refractivity contribution < 1.29 is 4.74 Å². The summed E-state index contributed by atoms with van der Waals surface area (Å²) in [5, 5.41) is 0. The summed E-state index contributed by atoms with van der Waals surface area (Å²) in [5.41, 5.74) is 2.35. The Hall–Kier alpha value is -0.871. The van der Waals surface area contributed by atoms with E-state index in [0.717, 1.165) is 18.7 Å². The number of ether oxygens (including phenoxy) is 1. The minimum absolute atomic E-state index is 0.478. The second-order valence-corrected chi connectivity index (χ2v) is 12.8. The monoisotopic (exact) mass is 389 g/mol. The van der Waals surface area contributed by atoms with Gasteiger partial charge in [0.05, 0.1) is 0 Å². The van der Waals surface area contributed by atoms with Crippen molar-refractivity contribution in [2.45, 2.75) is 37.2 Å². The first-order valence-corrected chi connectivity index (χ1v) is 10.2. The third-order valence-corrected chi connectivity index (χ3v) is 6.77. The van der Waals surface area contributed by atoms with Gasteiger partial charge in [0.2, 0.25) is 0 Å². The topological polar surface area (TPSA) is 22.1 Å². The Morgan fingerprint density at radius 1 is 1.05 bits per heavy atom. The first-order chi connectivity index (χ1) is 10.0. The molecule has 0 aliphatic carbocycles. The fraction of sp³-hybridized carbons (Fsp3) is 0.389. The van der Waals surface area contributed by atoms with Crippen LogP contribution in [0.15, 0.2) is 48.7 Å². The molecule has 2 aromatic rings. The van der Waals surface area contributed by atoms with E-state index in [0.29, 0.717) is 10.0 Å². The molecule has 0 fully saturated rings. The van der Waals surface area contributed by atoms with Crippen molar-refractivity contribution in [3.63, 3.8) is 0 Å². The van der Waals surface area contributed by atoms with E-state index in [1.165, 1.54) is 9.14 Å². The Balaban J connectivity index is 1.74. The number of rotatable bonds is 6. The first kappa shape index (κ1) is 16.5. The summed E-state index contributed by atoms with van der Waals surface area (Å²) >= 11 is -0.533. The van der Waals surface area contributed by atoms with Crippen LogP contribution in [0.2, 0.25) is 3.43 Å². The Morgan fingerprint density at radius 3 is 2.43 bits per heavy atom. The van der Waals surface area contributed by atoms with Crippen LogP contribution in [-0.4, -0.2) is 32.7 Å². The van der Waals surface area contributed by atoms with Gasteiger partial charge in [-0.15, -0.1) is 0 Å². The van der Waals surface area contributed by atoms with Gasteiger partial charge < -0.3 is 0 Å². The molecule has 1 aromatic carbocycles. The van der Waals surface area contributed by atoms with Gasteiger partial charge in [-0.25, -0.2) is 0 Å². The predicted octanol–water partition coefficient (Wildman–Crippen LogP) is 3.39. The summed E-state index contributed by atoms with van der Waals surface area (Å²) < 4.78 is 7.65. The van der Waals surface area contributed by atoms with Crippen LogP contribution < -0.4 is 3.58 Å². The van der Waals surface area contributed by atoms with Crippen LogP contribution in [0.25, 0.3) is 0 Å². The molecule has 0 atom stereocenters. The Morgan fingerprint density at radius 2 is 1.81 bits per heavy atom. The van der Waals surface area contributed by atoms with Crippen molar-refractivity contribution in [2.75, 3.05) is 6.61 Å². The Labute approximate surface area is 138 Å². The van der Waals surface area contributed by atoms with Gasteiger partial charge >= 0.3 is 138 Å². The summed E-state index contributed by atoms with van der Waals surface area (Å²) in [6.07, 6.45) is 2.96. The van der Waals surface area contributed by atoms with Gasteiger partial charge in [0.25, 0.3) is 0 Å². The molecule has 0 bridgehead atoms. The van der Waals surface area contributed by atoms with Crippen LogP contribution in [0.4, 0.5) is 0 Å². The van der Waals surface area contributed by atoms with E-state index >= 15 is 0 Å². The molecule has 0 N–H and O–H groups in total. The Kier molecular flexibility index (Phi) is 6.24. The number of hydrogen-bond acceptors (Lipinski definition) is 2. The molecule has 0 amide bonds. The molecule has 0 saturated heterocycles. The van der Waals surface area contributed by atoms with Crippen LogP contribution in [0.5, 0.6) is 0 Å². The van der Waals surface area contributed by atoms with Gasteiger partial charge in [0, 0.05) is 0 Å². The maximum absolute atomic E-state index is 5.71. The quantitative estimate of drug-likeness (QED) is 0.559. The van der Waals surface area contributed by atoms with Gasteiger partial charge in [-0.3, -0.25) is 0 Å². The van der Waals surface area contributed by atoms with Gasteiger partial charge in [0.1, 0.15) is 0 Å². The third-order valence-electron chi connectivity index (χ3n) is 2.96. The zero-order valence-electron chi connectivity index (χ0n) is 13.1. The average molecular weight is 388 g/mol. The van der Waals surface area contributed by atoms with Crippen LogP contribution >= 0.6 is 0 Å². The van der Waals surface area contributed by atoms with E-state index in [-0.39, 0.29) is 0 Å². The SMILES string of the molecule is C[C](C)(C)[Sn][c]1ccc(CCOCc2ccccc2)nc1. The number of hydrogen-bond donors (Lipinski definition) is 0. The molecule has 2 nitrogen and oxygen atoms in total. The molecule has 0 saturated carbocycles. The molecule has 2 radical (unpaired) electrons. The van der Waals surface area contributed by atoms with E-state index in [1.54, 1.807) is 0 Å². The minimum atomic E-state index is -0.533. The summed E-state index contributed by atoms with van der Waals surface area (Å²) in [4.78, 5) is 4.57. The van der Waals surface area contributed by atoms with E-state index in [4.69, 9.17) is 4.74 Å². The first-order valence-electron chi connectivity index (χ1n) is 7.38. The summed E-state index contributed by atoms with van der Waals surface area (Å²) in [6.45, 7) is 8.37. The second-order valence-electron chi connectivity index (χ2n) is 6.20. The molecule has 3 heteroatoms. The number of benzene rings is 1. The zero-order valence-corrected chi connectivity index (χ0v) is 15.9. The average Bonchev–Trinajstić information content (AvgIpc) is 2.45. The van der Waals surface area contributed by atoms with E-state index in [2.05, 4.69) is 56.2 Å². The molecular weight excluding hydrogens is 365 g/mol. The van der Waals surface area contributed by atoms with Crippen molar-refractivity contribution >= 4 is 24.7 Å². The summed E-state index contributed by atoms with van der Waals surface area (Å²) in [7, 11) is 0. The van der Waals surface area contributed by atoms with Crippen molar-refractivity contribution in [3.05, 3.63) is 59.9 Å². The normalized spacial score (nSPS) is 11.6. The van der Waals surface area contributed by atoms with Crippen molar-refractivity contribution in [3.8, 4) is 0 Å². The molecule has 110 valence electrons. The van der Waals surface area contributed by atoms with E-state index < -0.39 is 21.1 Å². The molecule has 1 heterocycles. The number of pyridine rings is 1.